The average molecular weight is 484 g/mol. The fourth-order valence-electron chi connectivity index (χ4n) is 4.08. The number of aryl methyl sites for hydroxylation is 1. The lowest BCUT2D eigenvalue weighted by Gasteiger charge is -2.33. The highest BCUT2D eigenvalue weighted by molar-refractivity contribution is 7.89. The summed E-state index contributed by atoms with van der Waals surface area (Å²) < 4.78 is 32.3. The predicted molar refractivity (Wildman–Crippen MR) is 125 cm³/mol. The summed E-state index contributed by atoms with van der Waals surface area (Å²) in [6, 6.07) is 12.8. The molecule has 0 bridgehead atoms. The van der Waals surface area contributed by atoms with Crippen molar-refractivity contribution in [2.75, 3.05) is 32.8 Å². The number of fused-ring (bicyclic) bond motifs is 1. The maximum Gasteiger partial charge on any atom is 0.338 e. The Balaban J connectivity index is 1.40. The second-order valence-electron chi connectivity index (χ2n) is 8.10. The van der Waals surface area contributed by atoms with E-state index in [1.54, 1.807) is 11.8 Å². The summed E-state index contributed by atoms with van der Waals surface area (Å²) in [6.45, 7) is 3.90. The number of ether oxygens (including phenoxy) is 1. The molecule has 0 aliphatic carbocycles. The zero-order valence-electron chi connectivity index (χ0n) is 18.9. The number of piperazine rings is 1. The fourth-order valence-corrected chi connectivity index (χ4v) is 5.50. The lowest BCUT2D eigenvalue weighted by atomic mass is 10.1. The van der Waals surface area contributed by atoms with Gasteiger partial charge in [-0.15, -0.1) is 0 Å². The van der Waals surface area contributed by atoms with Crippen LogP contribution >= 0.6 is 0 Å². The number of ketones is 1. The smallest absolute Gasteiger partial charge is 0.338 e. The molecule has 3 aromatic rings. The number of aromatic nitrogens is 1. The molecule has 178 valence electrons. The number of amides is 1. The number of benzene rings is 2. The van der Waals surface area contributed by atoms with Crippen molar-refractivity contribution in [3.8, 4) is 0 Å². The number of carbonyl (C=O) groups excluding carboxylic acids is 3. The molecule has 1 aliphatic heterocycles. The number of nitrogens with zero attached hydrogens (tertiary/aromatic N) is 2. The number of nitrogens with one attached hydrogen (secondary N) is 1. The van der Waals surface area contributed by atoms with Gasteiger partial charge in [0.1, 0.15) is 0 Å². The minimum absolute atomic E-state index is 0.0471. The van der Waals surface area contributed by atoms with Crippen LogP contribution in [0.15, 0.2) is 53.4 Å². The van der Waals surface area contributed by atoms with Crippen molar-refractivity contribution < 1.29 is 27.5 Å². The van der Waals surface area contributed by atoms with Crippen molar-refractivity contribution in [3.63, 3.8) is 0 Å². The Labute approximate surface area is 197 Å². The van der Waals surface area contributed by atoms with Gasteiger partial charge in [0.15, 0.2) is 6.61 Å². The first kappa shape index (κ1) is 23.7. The molecule has 0 radical (unpaired) electrons. The Morgan fingerprint density at radius 3 is 2.26 bits per heavy atom. The second kappa shape index (κ2) is 9.40. The highest BCUT2D eigenvalue weighted by Gasteiger charge is 2.29. The molecule has 1 aliphatic rings. The van der Waals surface area contributed by atoms with E-state index in [0.29, 0.717) is 24.3 Å². The van der Waals surface area contributed by atoms with Gasteiger partial charge in [0.2, 0.25) is 21.7 Å². The van der Waals surface area contributed by atoms with Gasteiger partial charge in [-0.2, -0.15) is 4.31 Å². The molecular weight excluding hydrogens is 458 g/mol. The molecule has 1 aromatic heterocycles. The van der Waals surface area contributed by atoms with Crippen molar-refractivity contribution in [2.24, 2.45) is 0 Å². The SMILES string of the molecule is CC(=O)N1CCN(S(=O)(=O)c2ccc(C(=O)OCC(=O)c3c(C)[nH]c4ccccc34)cc2)CC1. The summed E-state index contributed by atoms with van der Waals surface area (Å²) in [7, 11) is -3.75. The van der Waals surface area contributed by atoms with Crippen molar-refractivity contribution in [2.45, 2.75) is 18.7 Å². The normalized spacial score (nSPS) is 14.8. The number of rotatable bonds is 6. The van der Waals surface area contributed by atoms with Crippen LogP contribution in [-0.4, -0.2) is 73.1 Å². The molecule has 0 unspecified atom stereocenters. The van der Waals surface area contributed by atoms with Gasteiger partial charge < -0.3 is 14.6 Å². The predicted octanol–water partition coefficient (Wildman–Crippen LogP) is 2.37. The monoisotopic (exact) mass is 483 g/mol. The van der Waals surface area contributed by atoms with Gasteiger partial charge in [-0.1, -0.05) is 18.2 Å². The van der Waals surface area contributed by atoms with Crippen LogP contribution in [0, 0.1) is 6.92 Å². The molecule has 0 saturated carbocycles. The van der Waals surface area contributed by atoms with Crippen LogP contribution in [0.3, 0.4) is 0 Å². The number of sulfonamides is 1. The maximum absolute atomic E-state index is 12.9. The van der Waals surface area contributed by atoms with E-state index in [-0.39, 0.29) is 35.2 Å². The van der Waals surface area contributed by atoms with Crippen molar-refractivity contribution in [1.29, 1.82) is 0 Å². The molecule has 1 fully saturated rings. The van der Waals surface area contributed by atoms with Gasteiger partial charge in [-0.05, 0) is 37.3 Å². The summed E-state index contributed by atoms with van der Waals surface area (Å²) in [4.78, 5) is 41.4. The zero-order valence-corrected chi connectivity index (χ0v) is 19.7. The number of carbonyl (C=O) groups is 3. The van der Waals surface area contributed by atoms with E-state index < -0.39 is 22.6 Å². The molecule has 10 heteroatoms. The molecule has 1 saturated heterocycles. The molecule has 34 heavy (non-hydrogen) atoms. The van der Waals surface area contributed by atoms with Gasteiger partial charge in [0.05, 0.1) is 10.5 Å². The van der Waals surface area contributed by atoms with Crippen LogP contribution in [-0.2, 0) is 19.6 Å². The lowest BCUT2D eigenvalue weighted by Crippen LogP contribution is -2.49. The third kappa shape index (κ3) is 4.59. The standard InChI is InChI=1S/C24H25N3O6S/c1-16-23(20-5-3-4-6-21(20)25-16)22(29)15-33-24(30)18-7-9-19(10-8-18)34(31,32)27-13-11-26(12-14-27)17(2)28/h3-10,25H,11-15H2,1-2H3. The number of H-pyrrole nitrogens is 1. The highest BCUT2D eigenvalue weighted by Crippen LogP contribution is 2.23. The van der Waals surface area contributed by atoms with Crippen molar-refractivity contribution in [1.82, 2.24) is 14.2 Å². The number of esters is 1. The van der Waals surface area contributed by atoms with E-state index in [0.717, 1.165) is 10.9 Å². The quantitative estimate of drug-likeness (QED) is 0.425. The van der Waals surface area contributed by atoms with E-state index in [1.807, 2.05) is 24.3 Å². The number of hydrogen-bond acceptors (Lipinski definition) is 6. The first-order chi connectivity index (χ1) is 16.2. The Kier molecular flexibility index (Phi) is 6.54. The van der Waals surface area contributed by atoms with E-state index in [2.05, 4.69) is 4.98 Å². The number of hydrogen-bond donors (Lipinski definition) is 1. The topological polar surface area (TPSA) is 117 Å². The van der Waals surface area contributed by atoms with Crippen LogP contribution in [0.1, 0.15) is 33.3 Å². The largest absolute Gasteiger partial charge is 0.454 e. The van der Waals surface area contributed by atoms with Crippen LogP contribution < -0.4 is 0 Å². The summed E-state index contributed by atoms with van der Waals surface area (Å²) in [5.74, 6) is -1.13. The van der Waals surface area contributed by atoms with Gasteiger partial charge in [0, 0.05) is 55.3 Å². The molecule has 2 aromatic carbocycles. The molecule has 1 amide bonds. The highest BCUT2D eigenvalue weighted by atomic mass is 32.2. The van der Waals surface area contributed by atoms with Crippen LogP contribution in [0.2, 0.25) is 0 Å². The summed E-state index contributed by atoms with van der Waals surface area (Å²) in [6.07, 6.45) is 0. The fraction of sp³-hybridized carbons (Fsp3) is 0.292. The molecular formula is C24H25N3O6S. The molecule has 0 spiro atoms. The summed E-state index contributed by atoms with van der Waals surface area (Å²) in [5, 5.41) is 0.764. The van der Waals surface area contributed by atoms with E-state index in [9.17, 15) is 22.8 Å². The molecule has 1 N–H and O–H groups in total. The third-order valence-corrected chi connectivity index (χ3v) is 7.83. The van der Waals surface area contributed by atoms with Crippen molar-refractivity contribution >= 4 is 38.6 Å². The zero-order chi connectivity index (χ0) is 24.5. The minimum Gasteiger partial charge on any atom is -0.454 e. The first-order valence-electron chi connectivity index (χ1n) is 10.8. The van der Waals surface area contributed by atoms with E-state index >= 15 is 0 Å². The Morgan fingerprint density at radius 2 is 1.62 bits per heavy atom. The van der Waals surface area contributed by atoms with Gasteiger partial charge in [-0.25, -0.2) is 13.2 Å². The Hall–Kier alpha value is -3.50. The van der Waals surface area contributed by atoms with Gasteiger partial charge >= 0.3 is 5.97 Å². The molecule has 9 nitrogen and oxygen atoms in total. The number of aromatic amines is 1. The summed E-state index contributed by atoms with van der Waals surface area (Å²) in [5.41, 5.74) is 2.15. The lowest BCUT2D eigenvalue weighted by molar-refractivity contribution is -0.129. The van der Waals surface area contributed by atoms with Crippen LogP contribution in [0.4, 0.5) is 0 Å². The van der Waals surface area contributed by atoms with E-state index in [1.165, 1.54) is 35.5 Å². The molecule has 4 rings (SSSR count). The van der Waals surface area contributed by atoms with Crippen LogP contribution in [0.25, 0.3) is 10.9 Å². The first-order valence-corrected chi connectivity index (χ1v) is 12.3. The van der Waals surface area contributed by atoms with Crippen molar-refractivity contribution in [3.05, 3.63) is 65.4 Å². The van der Waals surface area contributed by atoms with E-state index in [4.69, 9.17) is 4.74 Å². The average Bonchev–Trinajstić information content (AvgIpc) is 3.18. The molecule has 2 heterocycles. The second-order valence-corrected chi connectivity index (χ2v) is 10.0. The Morgan fingerprint density at radius 1 is 0.971 bits per heavy atom. The third-order valence-electron chi connectivity index (χ3n) is 5.92. The van der Waals surface area contributed by atoms with Gasteiger partial charge in [-0.3, -0.25) is 9.59 Å². The molecule has 0 atom stereocenters. The summed E-state index contributed by atoms with van der Waals surface area (Å²) >= 11 is 0. The van der Waals surface area contributed by atoms with Crippen LogP contribution in [0.5, 0.6) is 0 Å². The number of para-hydroxylation sites is 1. The number of Topliss-reactive ketones (excluding diaryl/α,β-unsaturated/α-hetero) is 1. The Bertz CT molecular complexity index is 1350. The maximum atomic E-state index is 12.9. The van der Waals surface area contributed by atoms with Gasteiger partial charge in [0.25, 0.3) is 0 Å². The minimum atomic E-state index is -3.75.